The highest BCUT2D eigenvalue weighted by Crippen LogP contribution is 2.31. The Labute approximate surface area is 173 Å². The minimum atomic E-state index is -4.48. The van der Waals surface area contributed by atoms with E-state index in [1.54, 1.807) is 20.9 Å². The zero-order chi connectivity index (χ0) is 22.1. The van der Waals surface area contributed by atoms with Gasteiger partial charge in [0.1, 0.15) is 0 Å². The van der Waals surface area contributed by atoms with Crippen molar-refractivity contribution in [3.05, 3.63) is 46.8 Å². The standard InChI is InChI=1S/C22H26F3N3O2/c1-14-19(20(29)21(30)27(3)13-16-8-5-4-6-9-16)15(2)28(26-14)18-11-7-10-17(12-18)22(23,24)25/h7,10-12,16H,4-6,8-9,13H2,1-3H3. The number of alkyl halides is 3. The van der Waals surface area contributed by atoms with Gasteiger partial charge in [0.2, 0.25) is 0 Å². The number of likely N-dealkylation sites (N-methyl/N-ethyl adjacent to an activating group) is 1. The van der Waals surface area contributed by atoms with E-state index < -0.39 is 23.4 Å². The van der Waals surface area contributed by atoms with Crippen molar-refractivity contribution in [2.75, 3.05) is 13.6 Å². The molecule has 0 unspecified atom stereocenters. The van der Waals surface area contributed by atoms with Crippen LogP contribution in [0.1, 0.15) is 59.4 Å². The van der Waals surface area contributed by atoms with Crippen LogP contribution in [0, 0.1) is 19.8 Å². The number of hydrogen-bond donors (Lipinski definition) is 0. The van der Waals surface area contributed by atoms with Crippen LogP contribution in [0.4, 0.5) is 13.2 Å². The largest absolute Gasteiger partial charge is 0.416 e. The summed E-state index contributed by atoms with van der Waals surface area (Å²) in [4.78, 5) is 27.1. The number of aromatic nitrogens is 2. The van der Waals surface area contributed by atoms with Crippen LogP contribution >= 0.6 is 0 Å². The average molecular weight is 421 g/mol. The number of carbonyl (C=O) groups is 2. The summed E-state index contributed by atoms with van der Waals surface area (Å²) in [6.45, 7) is 3.70. The molecule has 0 N–H and O–H groups in total. The monoisotopic (exact) mass is 421 g/mol. The van der Waals surface area contributed by atoms with Crippen LogP contribution in [0.25, 0.3) is 5.69 Å². The zero-order valence-electron chi connectivity index (χ0n) is 17.4. The summed E-state index contributed by atoms with van der Waals surface area (Å²) in [6.07, 6.45) is 1.11. The SMILES string of the molecule is Cc1nn(-c2cccc(C(F)(F)F)c2)c(C)c1C(=O)C(=O)N(C)CC1CCCCC1. The molecular formula is C22H26F3N3O2. The second-order valence-electron chi connectivity index (χ2n) is 8.02. The summed E-state index contributed by atoms with van der Waals surface area (Å²) < 4.78 is 40.4. The van der Waals surface area contributed by atoms with Gasteiger partial charge in [-0.2, -0.15) is 18.3 Å². The first kappa shape index (κ1) is 22.1. The Kier molecular flexibility index (Phi) is 6.33. The molecule has 0 atom stereocenters. The molecule has 1 heterocycles. The van der Waals surface area contributed by atoms with Crippen LogP contribution in [0.15, 0.2) is 24.3 Å². The summed E-state index contributed by atoms with van der Waals surface area (Å²) >= 11 is 0. The average Bonchev–Trinajstić information content (AvgIpc) is 3.01. The van der Waals surface area contributed by atoms with E-state index >= 15 is 0 Å². The maximum absolute atomic E-state index is 13.1. The Morgan fingerprint density at radius 3 is 2.47 bits per heavy atom. The van der Waals surface area contributed by atoms with E-state index in [-0.39, 0.29) is 11.3 Å². The zero-order valence-corrected chi connectivity index (χ0v) is 17.4. The smallest absolute Gasteiger partial charge is 0.339 e. The fraction of sp³-hybridized carbons (Fsp3) is 0.500. The van der Waals surface area contributed by atoms with Crippen LogP contribution in [0.5, 0.6) is 0 Å². The van der Waals surface area contributed by atoms with E-state index in [4.69, 9.17) is 0 Å². The van der Waals surface area contributed by atoms with Gasteiger partial charge in [-0.15, -0.1) is 0 Å². The molecule has 1 aliphatic carbocycles. The van der Waals surface area contributed by atoms with Crippen LogP contribution in [0.2, 0.25) is 0 Å². The van der Waals surface area contributed by atoms with E-state index in [2.05, 4.69) is 5.10 Å². The highest BCUT2D eigenvalue weighted by molar-refractivity contribution is 6.43. The van der Waals surface area contributed by atoms with Gasteiger partial charge in [0.25, 0.3) is 11.7 Å². The predicted molar refractivity (Wildman–Crippen MR) is 107 cm³/mol. The van der Waals surface area contributed by atoms with Gasteiger partial charge in [0.15, 0.2) is 0 Å². The van der Waals surface area contributed by atoms with Gasteiger partial charge < -0.3 is 4.90 Å². The molecule has 1 aliphatic rings. The number of carbonyl (C=O) groups excluding carboxylic acids is 2. The first-order valence-corrected chi connectivity index (χ1v) is 10.1. The van der Waals surface area contributed by atoms with E-state index in [1.807, 2.05) is 0 Å². The molecule has 3 rings (SSSR count). The Morgan fingerprint density at radius 2 is 1.83 bits per heavy atom. The second-order valence-corrected chi connectivity index (χ2v) is 8.02. The summed E-state index contributed by atoms with van der Waals surface area (Å²) in [5, 5.41) is 4.24. The van der Waals surface area contributed by atoms with Crippen molar-refractivity contribution >= 4 is 11.7 Å². The van der Waals surface area contributed by atoms with Crippen molar-refractivity contribution in [3.63, 3.8) is 0 Å². The van der Waals surface area contributed by atoms with Crippen molar-refractivity contribution < 1.29 is 22.8 Å². The van der Waals surface area contributed by atoms with Crippen LogP contribution in [0.3, 0.4) is 0 Å². The third kappa shape index (κ3) is 4.57. The van der Waals surface area contributed by atoms with Gasteiger partial charge in [-0.3, -0.25) is 9.59 Å². The van der Waals surface area contributed by atoms with Gasteiger partial charge in [-0.1, -0.05) is 25.3 Å². The third-order valence-corrected chi connectivity index (χ3v) is 5.73. The molecule has 2 aromatic rings. The van der Waals surface area contributed by atoms with Crippen molar-refractivity contribution in [2.45, 2.75) is 52.1 Å². The molecule has 162 valence electrons. The fourth-order valence-electron chi connectivity index (χ4n) is 4.16. The van der Waals surface area contributed by atoms with Gasteiger partial charge >= 0.3 is 6.18 Å². The number of nitrogens with zero attached hydrogens (tertiary/aromatic N) is 3. The Balaban J connectivity index is 1.84. The van der Waals surface area contributed by atoms with Crippen molar-refractivity contribution in [3.8, 4) is 5.69 Å². The molecule has 0 radical (unpaired) electrons. The first-order valence-electron chi connectivity index (χ1n) is 10.1. The topological polar surface area (TPSA) is 55.2 Å². The molecule has 0 spiro atoms. The summed E-state index contributed by atoms with van der Waals surface area (Å²) in [6, 6.07) is 4.73. The van der Waals surface area contributed by atoms with E-state index in [9.17, 15) is 22.8 Å². The molecule has 1 fully saturated rings. The van der Waals surface area contributed by atoms with Crippen LogP contribution < -0.4 is 0 Å². The molecule has 0 aliphatic heterocycles. The molecule has 0 bridgehead atoms. The number of aryl methyl sites for hydroxylation is 1. The van der Waals surface area contributed by atoms with Crippen molar-refractivity contribution in [1.82, 2.24) is 14.7 Å². The van der Waals surface area contributed by atoms with E-state index in [1.165, 1.54) is 28.1 Å². The number of ketones is 1. The molecule has 0 saturated heterocycles. The minimum Gasteiger partial charge on any atom is -0.339 e. The lowest BCUT2D eigenvalue weighted by Gasteiger charge is -2.26. The van der Waals surface area contributed by atoms with Gasteiger partial charge in [-0.05, 0) is 50.8 Å². The number of hydrogen-bond acceptors (Lipinski definition) is 3. The third-order valence-electron chi connectivity index (χ3n) is 5.73. The highest BCUT2D eigenvalue weighted by Gasteiger charge is 2.32. The summed E-state index contributed by atoms with van der Waals surface area (Å²) in [5.41, 5.74) is 0.190. The summed E-state index contributed by atoms with van der Waals surface area (Å²) in [7, 11) is 1.62. The quantitative estimate of drug-likeness (QED) is 0.518. The lowest BCUT2D eigenvalue weighted by Crippen LogP contribution is -2.37. The van der Waals surface area contributed by atoms with Crippen molar-refractivity contribution in [1.29, 1.82) is 0 Å². The van der Waals surface area contributed by atoms with Crippen LogP contribution in [-0.2, 0) is 11.0 Å². The lowest BCUT2D eigenvalue weighted by molar-refractivity contribution is -0.137. The maximum Gasteiger partial charge on any atom is 0.416 e. The second kappa shape index (κ2) is 8.62. The fourth-order valence-corrected chi connectivity index (χ4v) is 4.16. The normalized spacial score (nSPS) is 15.3. The molecule has 1 amide bonds. The number of benzene rings is 1. The molecule has 1 saturated carbocycles. The van der Waals surface area contributed by atoms with Crippen molar-refractivity contribution in [2.24, 2.45) is 5.92 Å². The highest BCUT2D eigenvalue weighted by atomic mass is 19.4. The van der Waals surface area contributed by atoms with Crippen LogP contribution in [-0.4, -0.2) is 40.0 Å². The number of Topliss-reactive ketones (excluding diaryl/α,β-unsaturated/α-hetero) is 1. The van der Waals surface area contributed by atoms with Gasteiger partial charge in [-0.25, -0.2) is 4.68 Å². The van der Waals surface area contributed by atoms with Gasteiger partial charge in [0.05, 0.1) is 28.2 Å². The van der Waals surface area contributed by atoms with E-state index in [0.29, 0.717) is 23.9 Å². The molecule has 8 heteroatoms. The number of rotatable bonds is 5. The molecule has 1 aromatic carbocycles. The lowest BCUT2D eigenvalue weighted by atomic mass is 9.89. The maximum atomic E-state index is 13.1. The minimum absolute atomic E-state index is 0.146. The molecule has 5 nitrogen and oxygen atoms in total. The van der Waals surface area contributed by atoms with E-state index in [0.717, 1.165) is 37.8 Å². The van der Waals surface area contributed by atoms with Gasteiger partial charge in [0, 0.05) is 13.6 Å². The first-order chi connectivity index (χ1) is 14.1. The summed E-state index contributed by atoms with van der Waals surface area (Å²) in [5.74, 6) is -0.896. The number of halogens is 3. The Bertz CT molecular complexity index is 944. The number of amides is 1. The molecule has 1 aromatic heterocycles. The Hall–Kier alpha value is -2.64. The molecular weight excluding hydrogens is 395 g/mol. The Morgan fingerprint density at radius 1 is 1.17 bits per heavy atom. The predicted octanol–water partition coefficient (Wildman–Crippen LogP) is 4.73. The molecule has 30 heavy (non-hydrogen) atoms.